The molecule has 1 saturated heterocycles. The van der Waals surface area contributed by atoms with E-state index >= 15 is 0 Å². The molecule has 1 fully saturated rings. The first-order valence-corrected chi connectivity index (χ1v) is 8.86. The van der Waals surface area contributed by atoms with Gasteiger partial charge in [0.1, 0.15) is 11.9 Å². The Hall–Kier alpha value is -1.30. The maximum absolute atomic E-state index is 12.0. The SMILES string of the molecule is COCCNC(=O)c1ccc(OC2CCN(C(C)C)CC2)c(Cl)c1. The second-order valence-corrected chi connectivity index (χ2v) is 6.75. The highest BCUT2D eigenvalue weighted by Gasteiger charge is 2.22. The Kier molecular flexibility index (Phi) is 7.34. The van der Waals surface area contributed by atoms with Crippen LogP contribution in [-0.2, 0) is 4.74 Å². The van der Waals surface area contributed by atoms with Crippen molar-refractivity contribution < 1.29 is 14.3 Å². The molecule has 0 radical (unpaired) electrons. The van der Waals surface area contributed by atoms with Crippen molar-refractivity contribution >= 4 is 17.5 Å². The first-order valence-electron chi connectivity index (χ1n) is 8.48. The van der Waals surface area contributed by atoms with Crippen LogP contribution in [0, 0.1) is 0 Å². The van der Waals surface area contributed by atoms with Gasteiger partial charge in [-0.1, -0.05) is 11.6 Å². The molecule has 0 atom stereocenters. The molecule has 0 unspecified atom stereocenters. The summed E-state index contributed by atoms with van der Waals surface area (Å²) < 4.78 is 11.0. The fourth-order valence-corrected chi connectivity index (χ4v) is 3.02. The molecule has 1 aliphatic rings. The zero-order valence-electron chi connectivity index (χ0n) is 14.7. The quantitative estimate of drug-likeness (QED) is 0.765. The molecule has 0 spiro atoms. The Morgan fingerprint density at radius 1 is 1.38 bits per heavy atom. The molecule has 1 heterocycles. The van der Waals surface area contributed by atoms with Crippen molar-refractivity contribution in [3.63, 3.8) is 0 Å². The number of nitrogens with one attached hydrogen (secondary N) is 1. The highest BCUT2D eigenvalue weighted by atomic mass is 35.5. The lowest BCUT2D eigenvalue weighted by Crippen LogP contribution is -2.41. The predicted molar refractivity (Wildman–Crippen MR) is 96.0 cm³/mol. The number of halogens is 1. The van der Waals surface area contributed by atoms with E-state index in [1.807, 2.05) is 0 Å². The van der Waals surface area contributed by atoms with Crippen LogP contribution < -0.4 is 10.1 Å². The van der Waals surface area contributed by atoms with E-state index in [0.29, 0.717) is 35.5 Å². The average Bonchev–Trinajstić information content (AvgIpc) is 2.57. The molecule has 6 heteroatoms. The first kappa shape index (κ1) is 19.0. The van der Waals surface area contributed by atoms with Gasteiger partial charge in [-0.05, 0) is 44.9 Å². The normalized spacial score (nSPS) is 16.4. The standard InChI is InChI=1S/C18H27ClN2O3/c1-13(2)21-9-6-15(7-10-21)24-17-5-4-14(12-16(17)19)18(22)20-8-11-23-3/h4-5,12-13,15H,6-11H2,1-3H3,(H,20,22). The van der Waals surface area contributed by atoms with Crippen LogP contribution in [0.3, 0.4) is 0 Å². The number of likely N-dealkylation sites (tertiary alicyclic amines) is 1. The fraction of sp³-hybridized carbons (Fsp3) is 0.611. The number of methoxy groups -OCH3 is 1. The summed E-state index contributed by atoms with van der Waals surface area (Å²) in [6.45, 7) is 7.47. The van der Waals surface area contributed by atoms with Crippen LogP contribution >= 0.6 is 11.6 Å². The minimum Gasteiger partial charge on any atom is -0.489 e. The fourth-order valence-electron chi connectivity index (χ4n) is 2.80. The van der Waals surface area contributed by atoms with Gasteiger partial charge in [0.25, 0.3) is 5.91 Å². The lowest BCUT2D eigenvalue weighted by atomic mass is 10.1. The van der Waals surface area contributed by atoms with Gasteiger partial charge in [0, 0.05) is 38.3 Å². The molecule has 5 nitrogen and oxygen atoms in total. The number of carbonyl (C=O) groups excluding carboxylic acids is 1. The molecule has 24 heavy (non-hydrogen) atoms. The molecule has 0 aromatic heterocycles. The molecule has 1 aliphatic heterocycles. The van der Waals surface area contributed by atoms with E-state index in [0.717, 1.165) is 25.9 Å². The molecular weight excluding hydrogens is 328 g/mol. The van der Waals surface area contributed by atoms with Gasteiger partial charge in [0.15, 0.2) is 0 Å². The van der Waals surface area contributed by atoms with E-state index in [2.05, 4.69) is 24.1 Å². The van der Waals surface area contributed by atoms with Crippen LogP contribution in [0.4, 0.5) is 0 Å². The van der Waals surface area contributed by atoms with E-state index in [9.17, 15) is 4.79 Å². The highest BCUT2D eigenvalue weighted by molar-refractivity contribution is 6.32. The summed E-state index contributed by atoms with van der Waals surface area (Å²) in [6, 6.07) is 5.75. The summed E-state index contributed by atoms with van der Waals surface area (Å²) in [7, 11) is 1.60. The van der Waals surface area contributed by atoms with Gasteiger partial charge in [0.2, 0.25) is 0 Å². The minimum absolute atomic E-state index is 0.161. The molecule has 0 saturated carbocycles. The molecule has 134 valence electrons. The molecule has 1 N–H and O–H groups in total. The van der Waals surface area contributed by atoms with E-state index in [-0.39, 0.29) is 12.0 Å². The molecule has 0 aliphatic carbocycles. The molecule has 2 rings (SSSR count). The third-order valence-corrected chi connectivity index (χ3v) is 4.58. The van der Waals surface area contributed by atoms with Crippen molar-refractivity contribution in [3.05, 3.63) is 28.8 Å². The zero-order valence-corrected chi connectivity index (χ0v) is 15.4. The minimum atomic E-state index is -0.161. The first-order chi connectivity index (χ1) is 11.5. The topological polar surface area (TPSA) is 50.8 Å². The Balaban J connectivity index is 1.89. The lowest BCUT2D eigenvalue weighted by molar-refractivity contribution is 0.0843. The maximum Gasteiger partial charge on any atom is 0.251 e. The van der Waals surface area contributed by atoms with Gasteiger partial charge < -0.3 is 19.7 Å². The van der Waals surface area contributed by atoms with Crippen LogP contribution in [0.5, 0.6) is 5.75 Å². The smallest absolute Gasteiger partial charge is 0.251 e. The number of hydrogen-bond donors (Lipinski definition) is 1. The second-order valence-electron chi connectivity index (χ2n) is 6.34. The lowest BCUT2D eigenvalue weighted by Gasteiger charge is -2.34. The summed E-state index contributed by atoms with van der Waals surface area (Å²) in [4.78, 5) is 14.5. The summed E-state index contributed by atoms with van der Waals surface area (Å²) in [6.07, 6.45) is 2.17. The Labute approximate surface area is 149 Å². The second kappa shape index (κ2) is 9.25. The molecule has 1 amide bonds. The monoisotopic (exact) mass is 354 g/mol. The van der Waals surface area contributed by atoms with Gasteiger partial charge >= 0.3 is 0 Å². The third-order valence-electron chi connectivity index (χ3n) is 4.29. The van der Waals surface area contributed by atoms with Crippen LogP contribution in [0.1, 0.15) is 37.0 Å². The maximum atomic E-state index is 12.0. The molecule has 1 aromatic carbocycles. The van der Waals surface area contributed by atoms with Crippen LogP contribution in [0.15, 0.2) is 18.2 Å². The summed E-state index contributed by atoms with van der Waals surface area (Å²) >= 11 is 6.29. The van der Waals surface area contributed by atoms with E-state index in [1.165, 1.54) is 0 Å². The highest BCUT2D eigenvalue weighted by Crippen LogP contribution is 2.28. The van der Waals surface area contributed by atoms with Gasteiger partial charge in [0.05, 0.1) is 11.6 Å². The number of ether oxygens (including phenoxy) is 2. The zero-order chi connectivity index (χ0) is 17.5. The number of carbonyl (C=O) groups is 1. The predicted octanol–water partition coefficient (Wildman–Crippen LogP) is 2.97. The van der Waals surface area contributed by atoms with Gasteiger partial charge in [-0.25, -0.2) is 0 Å². The third kappa shape index (κ3) is 5.36. The van der Waals surface area contributed by atoms with Crippen molar-refractivity contribution in [2.24, 2.45) is 0 Å². The number of rotatable bonds is 7. The number of hydrogen-bond acceptors (Lipinski definition) is 4. The van der Waals surface area contributed by atoms with E-state index < -0.39 is 0 Å². The van der Waals surface area contributed by atoms with Crippen molar-refractivity contribution in [1.29, 1.82) is 0 Å². The van der Waals surface area contributed by atoms with E-state index in [4.69, 9.17) is 21.1 Å². The van der Waals surface area contributed by atoms with Crippen molar-refractivity contribution in [2.75, 3.05) is 33.4 Å². The van der Waals surface area contributed by atoms with Crippen molar-refractivity contribution in [3.8, 4) is 5.75 Å². The average molecular weight is 355 g/mol. The van der Waals surface area contributed by atoms with Gasteiger partial charge in [-0.2, -0.15) is 0 Å². The number of amides is 1. The summed E-state index contributed by atoms with van der Waals surface area (Å²) in [5.41, 5.74) is 0.526. The molecule has 1 aromatic rings. The van der Waals surface area contributed by atoms with Crippen LogP contribution in [0.25, 0.3) is 0 Å². The van der Waals surface area contributed by atoms with Crippen molar-refractivity contribution in [2.45, 2.75) is 38.8 Å². The Bertz CT molecular complexity index is 543. The van der Waals surface area contributed by atoms with Gasteiger partial charge in [-0.15, -0.1) is 0 Å². The van der Waals surface area contributed by atoms with Crippen LogP contribution in [0.2, 0.25) is 5.02 Å². The van der Waals surface area contributed by atoms with Gasteiger partial charge in [-0.3, -0.25) is 4.79 Å². The van der Waals surface area contributed by atoms with E-state index in [1.54, 1.807) is 25.3 Å². The number of piperidine rings is 1. The summed E-state index contributed by atoms with van der Waals surface area (Å²) in [5.74, 6) is 0.485. The Morgan fingerprint density at radius 2 is 2.08 bits per heavy atom. The largest absolute Gasteiger partial charge is 0.489 e. The number of nitrogens with zero attached hydrogens (tertiary/aromatic N) is 1. The molecular formula is C18H27ClN2O3. The van der Waals surface area contributed by atoms with Crippen molar-refractivity contribution in [1.82, 2.24) is 10.2 Å². The Morgan fingerprint density at radius 3 is 2.67 bits per heavy atom. The molecule has 0 bridgehead atoms. The van der Waals surface area contributed by atoms with Crippen LogP contribution in [-0.4, -0.2) is 56.3 Å². The number of benzene rings is 1. The summed E-state index contributed by atoms with van der Waals surface area (Å²) in [5, 5.41) is 3.25.